The molecule has 0 bridgehead atoms. The van der Waals surface area contributed by atoms with Gasteiger partial charge in [-0.2, -0.15) is 0 Å². The predicted octanol–water partition coefficient (Wildman–Crippen LogP) is 2.59. The molecule has 0 atom stereocenters. The number of hydrogen-bond donors (Lipinski definition) is 2. The number of nitrogens with zero attached hydrogens (tertiary/aromatic N) is 1. The molecule has 0 spiro atoms. The molecule has 7 nitrogen and oxygen atoms in total. The summed E-state index contributed by atoms with van der Waals surface area (Å²) >= 11 is 0. The summed E-state index contributed by atoms with van der Waals surface area (Å²) in [5.74, 6) is -0.412. The Hall–Kier alpha value is -2.71. The van der Waals surface area contributed by atoms with Gasteiger partial charge in [0.2, 0.25) is 15.9 Å². The summed E-state index contributed by atoms with van der Waals surface area (Å²) in [6, 6.07) is 10.1. The third-order valence-corrected chi connectivity index (χ3v) is 6.50. The van der Waals surface area contributed by atoms with Crippen LogP contribution < -0.4 is 14.9 Å². The highest BCUT2D eigenvalue weighted by Crippen LogP contribution is 2.30. The van der Waals surface area contributed by atoms with Gasteiger partial charge < -0.3 is 10.2 Å². The lowest BCUT2D eigenvalue weighted by atomic mass is 10.1. The third kappa shape index (κ3) is 3.79. The van der Waals surface area contributed by atoms with Gasteiger partial charge in [-0.15, -0.1) is 0 Å². The number of carbonyl (C=O) groups excluding carboxylic acids is 2. The van der Waals surface area contributed by atoms with Crippen LogP contribution in [0.2, 0.25) is 0 Å². The summed E-state index contributed by atoms with van der Waals surface area (Å²) in [4.78, 5) is 26.7. The largest absolute Gasteiger partial charge is 0.320 e. The average molecular weight is 401 g/mol. The number of para-hydroxylation sites is 2. The number of amides is 2. The molecule has 0 aliphatic carbocycles. The summed E-state index contributed by atoms with van der Waals surface area (Å²) in [6.45, 7) is 4.08. The first-order valence-corrected chi connectivity index (χ1v) is 10.5. The molecule has 0 aromatic heterocycles. The molecular formula is C20H23N3O4S. The zero-order valence-electron chi connectivity index (χ0n) is 16.1. The molecule has 0 unspecified atom stereocenters. The molecular weight excluding hydrogens is 378 g/mol. The van der Waals surface area contributed by atoms with Crippen molar-refractivity contribution in [3.8, 4) is 0 Å². The van der Waals surface area contributed by atoms with E-state index >= 15 is 0 Å². The molecule has 148 valence electrons. The number of rotatable bonds is 5. The fraction of sp³-hybridized carbons (Fsp3) is 0.300. The fourth-order valence-electron chi connectivity index (χ4n) is 3.26. The second-order valence-corrected chi connectivity index (χ2v) is 8.60. The highest BCUT2D eigenvalue weighted by atomic mass is 32.2. The summed E-state index contributed by atoms with van der Waals surface area (Å²) in [7, 11) is -2.36. The van der Waals surface area contributed by atoms with E-state index in [1.54, 1.807) is 43.0 Å². The van der Waals surface area contributed by atoms with Gasteiger partial charge in [0, 0.05) is 18.5 Å². The van der Waals surface area contributed by atoms with Gasteiger partial charge in [0.05, 0.1) is 16.3 Å². The number of benzene rings is 2. The lowest BCUT2D eigenvalue weighted by Gasteiger charge is -2.20. The van der Waals surface area contributed by atoms with Crippen molar-refractivity contribution in [1.29, 1.82) is 0 Å². The monoisotopic (exact) mass is 401 g/mol. The van der Waals surface area contributed by atoms with E-state index in [9.17, 15) is 18.0 Å². The minimum Gasteiger partial charge on any atom is -0.320 e. The summed E-state index contributed by atoms with van der Waals surface area (Å²) in [5.41, 5.74) is 2.68. The number of hydrogen-bond acceptors (Lipinski definition) is 4. The van der Waals surface area contributed by atoms with Crippen LogP contribution in [0.4, 0.5) is 11.4 Å². The number of anilines is 2. The normalized spacial score (nSPS) is 14.4. The second kappa shape index (κ2) is 7.73. The molecule has 2 aromatic rings. The SMILES string of the molecule is CNS(=O)(=O)c1cc(C(=O)Nc2ccccc2N2CCCC2=O)cc(C)c1C. The number of nitrogens with one attached hydrogen (secondary N) is 2. The maximum Gasteiger partial charge on any atom is 0.255 e. The summed E-state index contributed by atoms with van der Waals surface area (Å²) < 4.78 is 26.9. The van der Waals surface area contributed by atoms with Crippen molar-refractivity contribution in [2.24, 2.45) is 0 Å². The summed E-state index contributed by atoms with van der Waals surface area (Å²) in [5, 5.41) is 2.82. The van der Waals surface area contributed by atoms with E-state index in [2.05, 4.69) is 10.0 Å². The van der Waals surface area contributed by atoms with E-state index in [4.69, 9.17) is 0 Å². The zero-order chi connectivity index (χ0) is 20.5. The molecule has 1 heterocycles. The number of carbonyl (C=O) groups is 2. The van der Waals surface area contributed by atoms with Crippen LogP contribution in [-0.4, -0.2) is 33.8 Å². The highest BCUT2D eigenvalue weighted by Gasteiger charge is 2.25. The zero-order valence-corrected chi connectivity index (χ0v) is 16.9. The van der Waals surface area contributed by atoms with Crippen molar-refractivity contribution in [2.75, 3.05) is 23.8 Å². The molecule has 8 heteroatoms. The molecule has 2 N–H and O–H groups in total. The quantitative estimate of drug-likeness (QED) is 0.805. The Balaban J connectivity index is 1.96. The molecule has 1 aliphatic rings. The van der Waals surface area contributed by atoms with Crippen LogP contribution in [0.3, 0.4) is 0 Å². The van der Waals surface area contributed by atoms with Crippen LogP contribution in [0, 0.1) is 13.8 Å². The Labute approximate surface area is 164 Å². The van der Waals surface area contributed by atoms with E-state index in [1.807, 2.05) is 6.07 Å². The first-order chi connectivity index (χ1) is 13.2. The Morgan fingerprint density at radius 1 is 1.14 bits per heavy atom. The molecule has 2 aromatic carbocycles. The molecule has 1 saturated heterocycles. The maximum atomic E-state index is 12.9. The van der Waals surface area contributed by atoms with Crippen molar-refractivity contribution in [3.05, 3.63) is 53.1 Å². The van der Waals surface area contributed by atoms with Crippen molar-refractivity contribution in [2.45, 2.75) is 31.6 Å². The number of sulfonamides is 1. The molecule has 1 fully saturated rings. The van der Waals surface area contributed by atoms with Gasteiger partial charge in [0.15, 0.2) is 0 Å². The van der Waals surface area contributed by atoms with Gasteiger partial charge in [-0.1, -0.05) is 12.1 Å². The van der Waals surface area contributed by atoms with E-state index < -0.39 is 15.9 Å². The molecule has 2 amide bonds. The molecule has 28 heavy (non-hydrogen) atoms. The van der Waals surface area contributed by atoms with Crippen molar-refractivity contribution < 1.29 is 18.0 Å². The van der Waals surface area contributed by atoms with Gasteiger partial charge in [0.25, 0.3) is 5.91 Å². The Kier molecular flexibility index (Phi) is 5.53. The Morgan fingerprint density at radius 3 is 2.50 bits per heavy atom. The number of aryl methyl sites for hydroxylation is 1. The lowest BCUT2D eigenvalue weighted by molar-refractivity contribution is -0.117. The van der Waals surface area contributed by atoms with E-state index in [-0.39, 0.29) is 16.4 Å². The molecule has 1 aliphatic heterocycles. The fourth-order valence-corrected chi connectivity index (χ4v) is 4.33. The van der Waals surface area contributed by atoms with Gasteiger partial charge in [-0.3, -0.25) is 9.59 Å². The smallest absolute Gasteiger partial charge is 0.255 e. The van der Waals surface area contributed by atoms with Gasteiger partial charge >= 0.3 is 0 Å². The average Bonchev–Trinajstić information content (AvgIpc) is 3.09. The molecule has 0 radical (unpaired) electrons. The van der Waals surface area contributed by atoms with E-state index in [0.717, 1.165) is 6.42 Å². The van der Waals surface area contributed by atoms with Gasteiger partial charge in [-0.05, 0) is 62.7 Å². The van der Waals surface area contributed by atoms with Crippen LogP contribution in [0.1, 0.15) is 34.3 Å². The van der Waals surface area contributed by atoms with E-state index in [0.29, 0.717) is 35.5 Å². The van der Waals surface area contributed by atoms with Gasteiger partial charge in [0.1, 0.15) is 0 Å². The molecule has 3 rings (SSSR count). The summed E-state index contributed by atoms with van der Waals surface area (Å²) in [6.07, 6.45) is 1.27. The first kappa shape index (κ1) is 20.0. The van der Waals surface area contributed by atoms with Gasteiger partial charge in [-0.25, -0.2) is 13.1 Å². The molecule has 0 saturated carbocycles. The minimum atomic E-state index is -3.69. The topological polar surface area (TPSA) is 95.6 Å². The van der Waals surface area contributed by atoms with Crippen LogP contribution >= 0.6 is 0 Å². The third-order valence-electron chi connectivity index (χ3n) is 4.96. The maximum absolute atomic E-state index is 12.9. The van der Waals surface area contributed by atoms with E-state index in [1.165, 1.54) is 13.1 Å². The van der Waals surface area contributed by atoms with Crippen molar-refractivity contribution in [3.63, 3.8) is 0 Å². The second-order valence-electron chi connectivity index (χ2n) is 6.74. The van der Waals surface area contributed by atoms with Crippen LogP contribution in [0.5, 0.6) is 0 Å². The lowest BCUT2D eigenvalue weighted by Crippen LogP contribution is -2.26. The van der Waals surface area contributed by atoms with Crippen molar-refractivity contribution in [1.82, 2.24) is 4.72 Å². The Morgan fingerprint density at radius 2 is 1.86 bits per heavy atom. The van der Waals surface area contributed by atoms with Crippen molar-refractivity contribution >= 4 is 33.2 Å². The first-order valence-electron chi connectivity index (χ1n) is 9.00. The van der Waals surface area contributed by atoms with Crippen LogP contribution in [0.25, 0.3) is 0 Å². The van der Waals surface area contributed by atoms with Crippen LogP contribution in [0.15, 0.2) is 41.3 Å². The highest BCUT2D eigenvalue weighted by molar-refractivity contribution is 7.89. The Bertz CT molecular complexity index is 1050. The standard InChI is InChI=1S/C20H23N3O4S/c1-13-11-15(12-18(14(13)2)28(26,27)21-3)20(25)22-16-7-4-5-8-17(16)23-10-6-9-19(23)24/h4-5,7-8,11-12,21H,6,9-10H2,1-3H3,(H,22,25). The van der Waals surface area contributed by atoms with Crippen LogP contribution in [-0.2, 0) is 14.8 Å². The minimum absolute atomic E-state index is 0.0234. The predicted molar refractivity (Wildman–Crippen MR) is 108 cm³/mol.